The monoisotopic (exact) mass is 570 g/mol. The van der Waals surface area contributed by atoms with Crippen LogP contribution in [0.15, 0.2) is 30.5 Å². The third kappa shape index (κ3) is 7.51. The predicted molar refractivity (Wildman–Crippen MR) is 150 cm³/mol. The lowest BCUT2D eigenvalue weighted by Crippen LogP contribution is -2.34. The van der Waals surface area contributed by atoms with Crippen LogP contribution in [0, 0.1) is 12.7 Å². The molecule has 1 fully saturated rings. The maximum atomic E-state index is 14.7. The van der Waals surface area contributed by atoms with Crippen LogP contribution in [0.1, 0.15) is 72.0 Å². The lowest BCUT2D eigenvalue weighted by atomic mass is 10.1. The fraction of sp³-hybridized carbons (Fsp3) is 0.464. The van der Waals surface area contributed by atoms with Gasteiger partial charge in [-0.05, 0) is 64.8 Å². The van der Waals surface area contributed by atoms with Crippen LogP contribution in [0.5, 0.6) is 0 Å². The highest BCUT2D eigenvalue weighted by Crippen LogP contribution is 2.33. The van der Waals surface area contributed by atoms with Gasteiger partial charge in [-0.2, -0.15) is 0 Å². The summed E-state index contributed by atoms with van der Waals surface area (Å²) < 4.78 is 24.8. The summed E-state index contributed by atoms with van der Waals surface area (Å²) in [5, 5.41) is 3.70. The largest absolute Gasteiger partial charge is 0.465 e. The van der Waals surface area contributed by atoms with Crippen LogP contribution < -0.4 is 5.32 Å². The van der Waals surface area contributed by atoms with Crippen molar-refractivity contribution in [3.05, 3.63) is 63.8 Å². The second kappa shape index (κ2) is 12.3. The van der Waals surface area contributed by atoms with Crippen LogP contribution in [0.2, 0.25) is 0 Å². The molecule has 12 heteroatoms. The second-order valence-electron chi connectivity index (χ2n) is 10.8. The summed E-state index contributed by atoms with van der Waals surface area (Å²) in [4.78, 5) is 41.9. The highest BCUT2D eigenvalue weighted by molar-refractivity contribution is 7.17. The molecule has 2 aromatic heterocycles. The van der Waals surface area contributed by atoms with E-state index >= 15 is 0 Å². The summed E-state index contributed by atoms with van der Waals surface area (Å²) in [6.45, 7) is 8.83. The third-order valence-electron chi connectivity index (χ3n) is 6.27. The van der Waals surface area contributed by atoms with Gasteiger partial charge in [-0.25, -0.2) is 28.9 Å². The van der Waals surface area contributed by atoms with E-state index in [1.807, 2.05) is 13.0 Å². The maximum Gasteiger partial charge on any atom is 0.410 e. The van der Waals surface area contributed by atoms with Gasteiger partial charge in [-0.3, -0.25) is 4.90 Å². The number of aromatic nitrogens is 3. The van der Waals surface area contributed by atoms with E-state index < -0.39 is 17.7 Å². The molecule has 0 aliphatic carbocycles. The van der Waals surface area contributed by atoms with Crippen molar-refractivity contribution < 1.29 is 23.5 Å². The number of esters is 1. The Kier molecular flexibility index (Phi) is 8.99. The lowest BCUT2D eigenvalue weighted by Gasteiger charge is -2.26. The van der Waals surface area contributed by atoms with Crippen LogP contribution >= 0.6 is 11.3 Å². The number of thiazole rings is 1. The molecule has 3 aromatic rings. The van der Waals surface area contributed by atoms with Crippen LogP contribution in [0.25, 0.3) is 0 Å². The number of hydrogen-bond donors (Lipinski definition) is 1. The van der Waals surface area contributed by atoms with Crippen LogP contribution in [-0.4, -0.2) is 63.1 Å². The van der Waals surface area contributed by atoms with Crippen LogP contribution in [0.3, 0.4) is 0 Å². The van der Waals surface area contributed by atoms with Crippen molar-refractivity contribution in [3.8, 4) is 0 Å². The van der Waals surface area contributed by atoms with Gasteiger partial charge in [0.2, 0.25) is 0 Å². The van der Waals surface area contributed by atoms with E-state index in [4.69, 9.17) is 19.4 Å². The van der Waals surface area contributed by atoms with E-state index in [1.165, 1.54) is 35.6 Å². The van der Waals surface area contributed by atoms with Crippen molar-refractivity contribution in [1.29, 1.82) is 0 Å². The van der Waals surface area contributed by atoms with Crippen molar-refractivity contribution in [2.75, 3.05) is 26.0 Å². The van der Waals surface area contributed by atoms with E-state index in [0.29, 0.717) is 33.8 Å². The summed E-state index contributed by atoms with van der Waals surface area (Å²) in [6.07, 6.45) is 2.84. The van der Waals surface area contributed by atoms with E-state index in [9.17, 15) is 14.0 Å². The Labute approximate surface area is 237 Å². The molecule has 1 aliphatic rings. The number of methoxy groups -OCH3 is 1. The lowest BCUT2D eigenvalue weighted by molar-refractivity contribution is 0.0283. The normalized spacial score (nSPS) is 15.6. The number of nitrogens with zero attached hydrogens (tertiary/aromatic N) is 5. The fourth-order valence-electron chi connectivity index (χ4n) is 4.49. The fourth-order valence-corrected chi connectivity index (χ4v) is 5.23. The first-order valence-corrected chi connectivity index (χ1v) is 13.9. The molecule has 1 saturated heterocycles. The summed E-state index contributed by atoms with van der Waals surface area (Å²) in [5.74, 6) is 0.477. The molecule has 0 radical (unpaired) electrons. The maximum absolute atomic E-state index is 14.7. The topological polar surface area (TPSA) is 110 Å². The zero-order chi connectivity index (χ0) is 29.0. The first kappa shape index (κ1) is 29.3. The minimum absolute atomic E-state index is 0.0136. The minimum Gasteiger partial charge on any atom is -0.465 e. The smallest absolute Gasteiger partial charge is 0.410 e. The van der Waals surface area contributed by atoms with Crippen LogP contribution in [0.4, 0.5) is 20.1 Å². The quantitative estimate of drug-likeness (QED) is 0.345. The Hall–Kier alpha value is -3.64. The number of aryl methyl sites for hydroxylation is 1. The number of nitrogens with one attached hydrogen (secondary N) is 1. The van der Waals surface area contributed by atoms with Crippen molar-refractivity contribution >= 4 is 34.3 Å². The number of amides is 1. The number of halogens is 1. The Morgan fingerprint density at radius 2 is 2.02 bits per heavy atom. The third-order valence-corrected chi connectivity index (χ3v) is 7.16. The van der Waals surface area contributed by atoms with Crippen molar-refractivity contribution in [1.82, 2.24) is 24.8 Å². The number of rotatable bonds is 8. The zero-order valence-corrected chi connectivity index (χ0v) is 24.5. The van der Waals surface area contributed by atoms with Gasteiger partial charge in [0, 0.05) is 30.9 Å². The van der Waals surface area contributed by atoms with Gasteiger partial charge in [0.15, 0.2) is 5.13 Å². The molecular formula is C28H35FN6O4S. The molecule has 1 aromatic carbocycles. The zero-order valence-electron chi connectivity index (χ0n) is 23.7. The Morgan fingerprint density at radius 3 is 2.75 bits per heavy atom. The van der Waals surface area contributed by atoms with Crippen LogP contribution in [-0.2, 0) is 22.6 Å². The molecule has 1 amide bonds. The number of hydrogen-bond acceptors (Lipinski definition) is 10. The number of anilines is 2. The first-order valence-electron chi connectivity index (χ1n) is 13.0. The van der Waals surface area contributed by atoms with Gasteiger partial charge < -0.3 is 19.7 Å². The summed E-state index contributed by atoms with van der Waals surface area (Å²) in [5.41, 5.74) is 1.54. The number of carbonyl (C=O) groups is 2. The number of benzene rings is 1. The SMILES string of the molecule is COC(=O)c1cnc(Nc2cc(C)nc(C3CCCN3Cc3ccc(F)c(CN(C)C(=O)OC(C)(C)C)c3)n2)s1. The molecule has 40 heavy (non-hydrogen) atoms. The Balaban J connectivity index is 1.47. The molecule has 1 aliphatic heterocycles. The molecule has 1 N–H and O–H groups in total. The molecule has 1 atom stereocenters. The van der Waals surface area contributed by atoms with Gasteiger partial charge >= 0.3 is 12.1 Å². The molecule has 3 heterocycles. The Bertz CT molecular complexity index is 1380. The van der Waals surface area contributed by atoms with Crippen molar-refractivity contribution in [2.45, 2.75) is 65.3 Å². The standard InChI is InChI=1S/C28H35FN6O4S/c1-17-12-23(33-26-30-14-22(40-26)25(36)38-6)32-24(31-17)21-8-7-11-35(21)15-18-9-10-20(29)19(13-18)16-34(5)27(37)39-28(2,3)4/h9-10,12-14,21H,7-8,11,15-16H2,1-6H3,(H,30,31,32,33). The molecule has 10 nitrogen and oxygen atoms in total. The molecule has 214 valence electrons. The molecular weight excluding hydrogens is 535 g/mol. The molecule has 0 spiro atoms. The van der Waals surface area contributed by atoms with Gasteiger partial charge in [0.1, 0.15) is 27.9 Å². The highest BCUT2D eigenvalue weighted by Gasteiger charge is 2.29. The minimum atomic E-state index is -0.629. The molecule has 0 saturated carbocycles. The summed E-state index contributed by atoms with van der Waals surface area (Å²) in [7, 11) is 2.93. The van der Waals surface area contributed by atoms with Gasteiger partial charge in [-0.1, -0.05) is 17.4 Å². The molecule has 4 rings (SSSR count). The van der Waals surface area contributed by atoms with Gasteiger partial charge in [0.25, 0.3) is 0 Å². The number of carbonyl (C=O) groups excluding carboxylic acids is 2. The van der Waals surface area contributed by atoms with Crippen molar-refractivity contribution in [3.63, 3.8) is 0 Å². The average molecular weight is 571 g/mol. The number of likely N-dealkylation sites (tertiary alicyclic amines) is 1. The number of ether oxygens (including phenoxy) is 2. The summed E-state index contributed by atoms with van der Waals surface area (Å²) in [6, 6.07) is 6.83. The first-order chi connectivity index (χ1) is 18.9. The predicted octanol–water partition coefficient (Wildman–Crippen LogP) is 5.61. The van der Waals surface area contributed by atoms with E-state index in [1.54, 1.807) is 40.0 Å². The molecule has 0 bridgehead atoms. The van der Waals surface area contributed by atoms with E-state index in [2.05, 4.69) is 15.2 Å². The Morgan fingerprint density at radius 1 is 1.25 bits per heavy atom. The van der Waals surface area contributed by atoms with Gasteiger partial charge in [0.05, 0.1) is 25.9 Å². The van der Waals surface area contributed by atoms with E-state index in [0.717, 1.165) is 30.6 Å². The van der Waals surface area contributed by atoms with Crippen molar-refractivity contribution in [2.24, 2.45) is 0 Å². The molecule has 1 unspecified atom stereocenters. The average Bonchev–Trinajstić information content (AvgIpc) is 3.54. The van der Waals surface area contributed by atoms with Gasteiger partial charge in [-0.15, -0.1) is 0 Å². The van der Waals surface area contributed by atoms with E-state index in [-0.39, 0.29) is 18.4 Å². The highest BCUT2D eigenvalue weighted by atomic mass is 32.1. The summed E-state index contributed by atoms with van der Waals surface area (Å²) >= 11 is 1.19. The second-order valence-corrected chi connectivity index (χ2v) is 11.8.